The number of methoxy groups -OCH3 is 1. The zero-order valence-corrected chi connectivity index (χ0v) is 13.2. The first-order chi connectivity index (χ1) is 11.1. The predicted octanol–water partition coefficient (Wildman–Crippen LogP) is 2.54. The average molecular weight is 318 g/mol. The van der Waals surface area contributed by atoms with Gasteiger partial charge in [0.15, 0.2) is 30.5 Å². The number of nitrogens with zero attached hydrogens (tertiary/aromatic N) is 2. The Morgan fingerprint density at radius 3 is 2.83 bits per heavy atom. The number of allylic oxidation sites excluding steroid dienone is 1. The highest BCUT2D eigenvalue weighted by atomic mass is 16.6. The molecule has 0 aliphatic heterocycles. The minimum absolute atomic E-state index is 0.0829. The number of aromatic nitrogens is 2. The van der Waals surface area contributed by atoms with Crippen LogP contribution in [-0.2, 0) is 16.1 Å². The van der Waals surface area contributed by atoms with Crippen molar-refractivity contribution >= 4 is 12.0 Å². The van der Waals surface area contributed by atoms with E-state index in [9.17, 15) is 4.79 Å². The molecule has 0 atom stereocenters. The van der Waals surface area contributed by atoms with E-state index in [4.69, 9.17) is 18.7 Å². The van der Waals surface area contributed by atoms with Gasteiger partial charge in [0.05, 0.1) is 7.11 Å². The number of ether oxygens (including phenoxy) is 3. The minimum atomic E-state index is -0.541. The molecule has 0 bridgehead atoms. The van der Waals surface area contributed by atoms with E-state index in [0.717, 1.165) is 5.56 Å². The SMILES string of the molecule is C/C=C/c1ccc(OCC(=O)OCc2nc(C)no2)c(OC)c1. The van der Waals surface area contributed by atoms with E-state index in [0.29, 0.717) is 17.3 Å². The summed E-state index contributed by atoms with van der Waals surface area (Å²) in [6.07, 6.45) is 3.86. The Labute approximate surface area is 133 Å². The van der Waals surface area contributed by atoms with Crippen molar-refractivity contribution in [3.63, 3.8) is 0 Å². The first-order valence-electron chi connectivity index (χ1n) is 7.00. The van der Waals surface area contributed by atoms with Crippen LogP contribution in [0.4, 0.5) is 0 Å². The molecule has 0 spiro atoms. The van der Waals surface area contributed by atoms with E-state index < -0.39 is 5.97 Å². The Balaban J connectivity index is 1.88. The van der Waals surface area contributed by atoms with Crippen LogP contribution in [0.5, 0.6) is 11.5 Å². The van der Waals surface area contributed by atoms with E-state index in [1.807, 2.05) is 31.2 Å². The third kappa shape index (κ3) is 4.84. The second kappa shape index (κ2) is 7.98. The molecule has 1 aromatic carbocycles. The zero-order valence-electron chi connectivity index (χ0n) is 13.2. The normalized spacial score (nSPS) is 10.7. The van der Waals surface area contributed by atoms with Gasteiger partial charge in [0.2, 0.25) is 0 Å². The van der Waals surface area contributed by atoms with Crippen LogP contribution in [0.3, 0.4) is 0 Å². The maximum atomic E-state index is 11.7. The maximum Gasteiger partial charge on any atom is 0.344 e. The summed E-state index contributed by atoms with van der Waals surface area (Å²) in [7, 11) is 1.54. The van der Waals surface area contributed by atoms with Gasteiger partial charge < -0.3 is 18.7 Å². The molecule has 23 heavy (non-hydrogen) atoms. The lowest BCUT2D eigenvalue weighted by atomic mass is 10.2. The Hall–Kier alpha value is -2.83. The molecule has 0 aliphatic rings. The van der Waals surface area contributed by atoms with Crippen molar-refractivity contribution in [3.8, 4) is 11.5 Å². The van der Waals surface area contributed by atoms with Crippen LogP contribution in [0.2, 0.25) is 0 Å². The number of esters is 1. The molecule has 2 rings (SSSR count). The maximum absolute atomic E-state index is 11.7. The van der Waals surface area contributed by atoms with Crippen LogP contribution in [0.1, 0.15) is 24.2 Å². The smallest absolute Gasteiger partial charge is 0.344 e. The molecule has 0 aliphatic carbocycles. The lowest BCUT2D eigenvalue weighted by molar-refractivity contribution is -0.148. The van der Waals surface area contributed by atoms with Gasteiger partial charge in [-0.2, -0.15) is 4.98 Å². The summed E-state index contributed by atoms with van der Waals surface area (Å²) in [5.74, 6) is 1.19. The third-order valence-electron chi connectivity index (χ3n) is 2.82. The van der Waals surface area contributed by atoms with Crippen molar-refractivity contribution < 1.29 is 23.5 Å². The molecule has 0 saturated heterocycles. The summed E-state index contributed by atoms with van der Waals surface area (Å²) >= 11 is 0. The van der Waals surface area contributed by atoms with Gasteiger partial charge in [-0.05, 0) is 31.5 Å². The van der Waals surface area contributed by atoms with Crippen molar-refractivity contribution in [3.05, 3.63) is 41.6 Å². The first-order valence-corrected chi connectivity index (χ1v) is 7.00. The molecule has 122 valence electrons. The van der Waals surface area contributed by atoms with Gasteiger partial charge in [0.25, 0.3) is 5.89 Å². The highest BCUT2D eigenvalue weighted by Gasteiger charge is 2.11. The van der Waals surface area contributed by atoms with E-state index >= 15 is 0 Å². The first kappa shape index (κ1) is 16.5. The molecule has 0 N–H and O–H groups in total. The fourth-order valence-electron chi connectivity index (χ4n) is 1.82. The summed E-state index contributed by atoms with van der Waals surface area (Å²) in [5, 5.41) is 3.60. The standard InChI is InChI=1S/C16H18N2O5/c1-4-5-12-6-7-13(14(8-12)20-3)21-10-16(19)22-9-15-17-11(2)18-23-15/h4-8H,9-10H2,1-3H3/b5-4+. The van der Waals surface area contributed by atoms with Crippen LogP contribution in [0.15, 0.2) is 28.8 Å². The molecule has 0 saturated carbocycles. The fraction of sp³-hybridized carbons (Fsp3) is 0.312. The fourth-order valence-corrected chi connectivity index (χ4v) is 1.82. The second-order valence-electron chi connectivity index (χ2n) is 4.59. The molecule has 0 fully saturated rings. The van der Waals surface area contributed by atoms with Gasteiger partial charge in [0, 0.05) is 0 Å². The van der Waals surface area contributed by atoms with Gasteiger partial charge in [-0.3, -0.25) is 0 Å². The number of aryl methyl sites for hydroxylation is 1. The Morgan fingerprint density at radius 1 is 1.35 bits per heavy atom. The Kier molecular flexibility index (Phi) is 5.74. The second-order valence-corrected chi connectivity index (χ2v) is 4.59. The molecule has 7 nitrogen and oxygen atoms in total. The lowest BCUT2D eigenvalue weighted by Gasteiger charge is -2.10. The quantitative estimate of drug-likeness (QED) is 0.725. The number of hydrogen-bond acceptors (Lipinski definition) is 7. The predicted molar refractivity (Wildman–Crippen MR) is 82.0 cm³/mol. The highest BCUT2D eigenvalue weighted by Crippen LogP contribution is 2.28. The number of carbonyl (C=O) groups is 1. The molecule has 1 aromatic heterocycles. The van der Waals surface area contributed by atoms with Gasteiger partial charge in [0.1, 0.15) is 0 Å². The number of benzene rings is 1. The van der Waals surface area contributed by atoms with Crippen LogP contribution in [0, 0.1) is 6.92 Å². The molecule has 1 heterocycles. The summed E-state index contributed by atoms with van der Waals surface area (Å²) < 4.78 is 20.5. The number of carbonyl (C=O) groups excluding carboxylic acids is 1. The molecule has 0 unspecified atom stereocenters. The average Bonchev–Trinajstić information content (AvgIpc) is 2.97. The highest BCUT2D eigenvalue weighted by molar-refractivity contribution is 5.71. The zero-order chi connectivity index (χ0) is 16.7. The third-order valence-corrected chi connectivity index (χ3v) is 2.82. The van der Waals surface area contributed by atoms with E-state index in [1.165, 1.54) is 7.11 Å². The molecule has 0 amide bonds. The van der Waals surface area contributed by atoms with Gasteiger partial charge in [-0.15, -0.1) is 0 Å². The lowest BCUT2D eigenvalue weighted by Crippen LogP contribution is -2.15. The summed E-state index contributed by atoms with van der Waals surface area (Å²) in [6.45, 7) is 3.28. The largest absolute Gasteiger partial charge is 0.493 e. The Morgan fingerprint density at radius 2 is 2.17 bits per heavy atom. The van der Waals surface area contributed by atoms with Gasteiger partial charge in [-0.25, -0.2) is 4.79 Å². The monoisotopic (exact) mass is 318 g/mol. The van der Waals surface area contributed by atoms with E-state index in [-0.39, 0.29) is 19.1 Å². The van der Waals surface area contributed by atoms with Crippen molar-refractivity contribution in [1.82, 2.24) is 10.1 Å². The van der Waals surface area contributed by atoms with Crippen molar-refractivity contribution in [2.75, 3.05) is 13.7 Å². The minimum Gasteiger partial charge on any atom is -0.493 e. The van der Waals surface area contributed by atoms with Crippen molar-refractivity contribution in [2.45, 2.75) is 20.5 Å². The molecular weight excluding hydrogens is 300 g/mol. The van der Waals surface area contributed by atoms with Gasteiger partial charge >= 0.3 is 5.97 Å². The molecule has 0 radical (unpaired) electrons. The van der Waals surface area contributed by atoms with Crippen LogP contribution >= 0.6 is 0 Å². The van der Waals surface area contributed by atoms with Gasteiger partial charge in [-0.1, -0.05) is 23.4 Å². The van der Waals surface area contributed by atoms with Crippen LogP contribution < -0.4 is 9.47 Å². The summed E-state index contributed by atoms with van der Waals surface area (Å²) in [5.41, 5.74) is 0.978. The molecule has 2 aromatic rings. The Bertz CT molecular complexity index is 694. The number of hydrogen-bond donors (Lipinski definition) is 0. The summed E-state index contributed by atoms with van der Waals surface area (Å²) in [6, 6.07) is 5.43. The van der Waals surface area contributed by atoms with Crippen molar-refractivity contribution in [2.24, 2.45) is 0 Å². The van der Waals surface area contributed by atoms with Crippen LogP contribution in [0.25, 0.3) is 6.08 Å². The summed E-state index contributed by atoms with van der Waals surface area (Å²) in [4.78, 5) is 15.6. The van der Waals surface area contributed by atoms with Crippen molar-refractivity contribution in [1.29, 1.82) is 0 Å². The topological polar surface area (TPSA) is 83.7 Å². The van der Waals surface area contributed by atoms with E-state index in [2.05, 4.69) is 10.1 Å². The molecular formula is C16H18N2O5. The molecule has 7 heteroatoms. The number of rotatable bonds is 7. The van der Waals surface area contributed by atoms with Crippen LogP contribution in [-0.4, -0.2) is 29.8 Å². The van der Waals surface area contributed by atoms with E-state index in [1.54, 1.807) is 13.0 Å².